The molecule has 0 fully saturated rings. The number of hydrogen-bond donors (Lipinski definition) is 2. The Kier molecular flexibility index (Phi) is 5.51. The summed E-state index contributed by atoms with van der Waals surface area (Å²) in [4.78, 5) is 11.9. The lowest BCUT2D eigenvalue weighted by Crippen LogP contribution is -2.42. The van der Waals surface area contributed by atoms with Gasteiger partial charge in [-0.3, -0.25) is 4.79 Å². The van der Waals surface area contributed by atoms with Gasteiger partial charge in [0, 0.05) is 14.2 Å². The van der Waals surface area contributed by atoms with Crippen molar-refractivity contribution < 1.29 is 9.53 Å². The first-order valence-corrected chi connectivity index (χ1v) is 5.89. The van der Waals surface area contributed by atoms with E-state index in [1.165, 1.54) is 0 Å². The molecule has 0 aromatic carbocycles. The Morgan fingerprint density at radius 1 is 1.39 bits per heavy atom. The maximum atomic E-state index is 11.9. The van der Waals surface area contributed by atoms with Crippen LogP contribution in [0.15, 0.2) is 12.1 Å². The number of amides is 1. The lowest BCUT2D eigenvalue weighted by atomic mass is 10.1. The van der Waals surface area contributed by atoms with Crippen LogP contribution in [-0.4, -0.2) is 42.9 Å². The number of anilines is 1. The zero-order valence-electron chi connectivity index (χ0n) is 11.2. The van der Waals surface area contributed by atoms with Gasteiger partial charge in [-0.2, -0.15) is 0 Å². The standard InChI is InChI=1S/C12H20N4O2/c1-8(2)10(7-18-4)14-12(17)9-5-6-11(13-3)16-15-9/h5-6,8,10H,7H2,1-4H3,(H,13,16)(H,14,17). The molecule has 0 radical (unpaired) electrons. The molecule has 2 N–H and O–H groups in total. The molecule has 1 unspecified atom stereocenters. The second-order valence-electron chi connectivity index (χ2n) is 4.33. The average Bonchev–Trinajstić information content (AvgIpc) is 2.38. The summed E-state index contributed by atoms with van der Waals surface area (Å²) in [5, 5.41) is 13.5. The SMILES string of the molecule is CNc1ccc(C(=O)NC(COC)C(C)C)nn1. The number of nitrogens with one attached hydrogen (secondary N) is 2. The van der Waals surface area contributed by atoms with Crippen molar-refractivity contribution in [3.8, 4) is 0 Å². The van der Waals surface area contributed by atoms with Crippen molar-refractivity contribution in [1.29, 1.82) is 0 Å². The predicted octanol–water partition coefficient (Wildman–Crippen LogP) is 0.919. The van der Waals surface area contributed by atoms with Crippen LogP contribution < -0.4 is 10.6 Å². The van der Waals surface area contributed by atoms with E-state index in [0.29, 0.717) is 24.0 Å². The molecule has 6 heteroatoms. The number of rotatable bonds is 6. The molecular formula is C12H20N4O2. The Bertz CT molecular complexity index is 378. The Hall–Kier alpha value is -1.69. The van der Waals surface area contributed by atoms with E-state index in [9.17, 15) is 4.79 Å². The monoisotopic (exact) mass is 252 g/mol. The average molecular weight is 252 g/mol. The van der Waals surface area contributed by atoms with Crippen molar-refractivity contribution in [2.75, 3.05) is 26.1 Å². The molecule has 1 atom stereocenters. The van der Waals surface area contributed by atoms with Gasteiger partial charge in [0.2, 0.25) is 0 Å². The fraction of sp³-hybridized carbons (Fsp3) is 0.583. The lowest BCUT2D eigenvalue weighted by molar-refractivity contribution is 0.0861. The minimum Gasteiger partial charge on any atom is -0.383 e. The summed E-state index contributed by atoms with van der Waals surface area (Å²) in [5.41, 5.74) is 0.302. The van der Waals surface area contributed by atoms with Gasteiger partial charge in [0.15, 0.2) is 5.69 Å². The van der Waals surface area contributed by atoms with Crippen LogP contribution in [-0.2, 0) is 4.74 Å². The number of nitrogens with zero attached hydrogens (tertiary/aromatic N) is 2. The van der Waals surface area contributed by atoms with Crippen LogP contribution >= 0.6 is 0 Å². The van der Waals surface area contributed by atoms with Crippen molar-refractivity contribution in [3.63, 3.8) is 0 Å². The van der Waals surface area contributed by atoms with Crippen molar-refractivity contribution in [3.05, 3.63) is 17.8 Å². The third-order valence-electron chi connectivity index (χ3n) is 2.62. The van der Waals surface area contributed by atoms with Gasteiger partial charge in [-0.15, -0.1) is 10.2 Å². The molecule has 1 aromatic rings. The molecule has 18 heavy (non-hydrogen) atoms. The summed E-state index contributed by atoms with van der Waals surface area (Å²) < 4.78 is 5.08. The molecule has 100 valence electrons. The number of carbonyl (C=O) groups excluding carboxylic acids is 1. The van der Waals surface area contributed by atoms with Crippen LogP contribution in [0.1, 0.15) is 24.3 Å². The molecule has 0 aliphatic heterocycles. The van der Waals surface area contributed by atoms with Crippen LogP contribution in [0.3, 0.4) is 0 Å². The molecule has 0 aliphatic rings. The largest absolute Gasteiger partial charge is 0.383 e. The van der Waals surface area contributed by atoms with Gasteiger partial charge >= 0.3 is 0 Å². The Morgan fingerprint density at radius 2 is 2.11 bits per heavy atom. The van der Waals surface area contributed by atoms with Crippen molar-refractivity contribution in [2.45, 2.75) is 19.9 Å². The highest BCUT2D eigenvalue weighted by Gasteiger charge is 2.17. The second kappa shape index (κ2) is 6.90. The first-order valence-electron chi connectivity index (χ1n) is 5.89. The number of carbonyl (C=O) groups is 1. The lowest BCUT2D eigenvalue weighted by Gasteiger charge is -2.21. The molecular weight excluding hydrogens is 232 g/mol. The number of ether oxygens (including phenoxy) is 1. The van der Waals surface area contributed by atoms with Gasteiger partial charge in [0.05, 0.1) is 12.6 Å². The molecule has 0 spiro atoms. The van der Waals surface area contributed by atoms with Crippen molar-refractivity contribution in [1.82, 2.24) is 15.5 Å². The summed E-state index contributed by atoms with van der Waals surface area (Å²) in [7, 11) is 3.36. The van der Waals surface area contributed by atoms with Crippen LogP contribution in [0.4, 0.5) is 5.82 Å². The van der Waals surface area contributed by atoms with E-state index in [-0.39, 0.29) is 11.9 Å². The minimum atomic E-state index is -0.235. The molecule has 0 aliphatic carbocycles. The molecule has 1 aromatic heterocycles. The predicted molar refractivity (Wildman–Crippen MR) is 69.5 cm³/mol. The van der Waals surface area contributed by atoms with E-state index in [2.05, 4.69) is 20.8 Å². The summed E-state index contributed by atoms with van der Waals surface area (Å²) in [6.45, 7) is 4.53. The fourth-order valence-corrected chi connectivity index (χ4v) is 1.41. The highest BCUT2D eigenvalue weighted by Crippen LogP contribution is 2.05. The molecule has 1 amide bonds. The highest BCUT2D eigenvalue weighted by molar-refractivity contribution is 5.92. The number of hydrogen-bond acceptors (Lipinski definition) is 5. The normalized spacial score (nSPS) is 12.3. The van der Waals surface area contributed by atoms with E-state index in [4.69, 9.17) is 4.74 Å². The topological polar surface area (TPSA) is 76.1 Å². The van der Waals surface area contributed by atoms with E-state index in [1.54, 1.807) is 26.3 Å². The van der Waals surface area contributed by atoms with Crippen LogP contribution in [0, 0.1) is 5.92 Å². The van der Waals surface area contributed by atoms with Gasteiger partial charge in [-0.25, -0.2) is 0 Å². The van der Waals surface area contributed by atoms with Crippen LogP contribution in [0.2, 0.25) is 0 Å². The third-order valence-corrected chi connectivity index (χ3v) is 2.62. The zero-order chi connectivity index (χ0) is 13.5. The molecule has 0 bridgehead atoms. The summed E-state index contributed by atoms with van der Waals surface area (Å²) in [6, 6.07) is 3.31. The summed E-state index contributed by atoms with van der Waals surface area (Å²) in [5.74, 6) is 0.684. The van der Waals surface area contributed by atoms with Gasteiger partial charge < -0.3 is 15.4 Å². The van der Waals surface area contributed by atoms with Gasteiger partial charge in [-0.05, 0) is 18.1 Å². The van der Waals surface area contributed by atoms with Crippen molar-refractivity contribution >= 4 is 11.7 Å². The molecule has 6 nitrogen and oxygen atoms in total. The van der Waals surface area contributed by atoms with E-state index in [0.717, 1.165) is 0 Å². The molecule has 0 saturated carbocycles. The first-order chi connectivity index (χ1) is 8.58. The van der Waals surface area contributed by atoms with Crippen molar-refractivity contribution in [2.24, 2.45) is 5.92 Å². The second-order valence-corrected chi connectivity index (χ2v) is 4.33. The maximum absolute atomic E-state index is 11.9. The third kappa shape index (κ3) is 3.96. The molecule has 0 saturated heterocycles. The van der Waals surface area contributed by atoms with E-state index in [1.807, 2.05) is 13.8 Å². The maximum Gasteiger partial charge on any atom is 0.272 e. The fourth-order valence-electron chi connectivity index (χ4n) is 1.41. The quantitative estimate of drug-likeness (QED) is 0.787. The van der Waals surface area contributed by atoms with E-state index < -0.39 is 0 Å². The Labute approximate surface area is 107 Å². The van der Waals surface area contributed by atoms with Crippen LogP contribution in [0.5, 0.6) is 0 Å². The minimum absolute atomic E-state index is 0.0340. The Morgan fingerprint density at radius 3 is 2.56 bits per heavy atom. The van der Waals surface area contributed by atoms with Gasteiger partial charge in [-0.1, -0.05) is 13.8 Å². The highest BCUT2D eigenvalue weighted by atomic mass is 16.5. The smallest absolute Gasteiger partial charge is 0.272 e. The van der Waals surface area contributed by atoms with E-state index >= 15 is 0 Å². The summed E-state index contributed by atoms with van der Waals surface area (Å²) >= 11 is 0. The van der Waals surface area contributed by atoms with Gasteiger partial charge in [0.25, 0.3) is 5.91 Å². The summed E-state index contributed by atoms with van der Waals surface area (Å²) in [6.07, 6.45) is 0. The van der Waals surface area contributed by atoms with Gasteiger partial charge in [0.1, 0.15) is 5.82 Å². The zero-order valence-corrected chi connectivity index (χ0v) is 11.2. The molecule has 1 rings (SSSR count). The van der Waals surface area contributed by atoms with Crippen LogP contribution in [0.25, 0.3) is 0 Å². The number of aromatic nitrogens is 2. The molecule has 1 heterocycles. The number of methoxy groups -OCH3 is 1. The Balaban J connectivity index is 2.67. The first kappa shape index (κ1) is 14.4.